The maximum absolute atomic E-state index is 12.4. The van der Waals surface area contributed by atoms with E-state index in [4.69, 9.17) is 4.42 Å². The second kappa shape index (κ2) is 5.43. The third kappa shape index (κ3) is 2.59. The molecule has 22 heavy (non-hydrogen) atoms. The number of rotatable bonds is 4. The zero-order valence-corrected chi connectivity index (χ0v) is 13.6. The Morgan fingerprint density at radius 1 is 1.27 bits per heavy atom. The lowest BCUT2D eigenvalue weighted by Gasteiger charge is -2.30. The lowest BCUT2D eigenvalue weighted by molar-refractivity contribution is 0.286. The zero-order chi connectivity index (χ0) is 15.2. The standard InChI is InChI=1S/C14H17N3O3S2/c18-22(19,12-3-4-12)17-6-1-2-10(8-17)13-15-16-14(20-13)11-5-7-21-9-11/h5,7,9-10,12H,1-4,6,8H2/t10-/m0/s1. The molecule has 118 valence electrons. The normalized spacial score (nSPS) is 23.7. The molecule has 0 aromatic carbocycles. The van der Waals surface area contributed by atoms with Crippen LogP contribution < -0.4 is 0 Å². The molecule has 1 saturated heterocycles. The summed E-state index contributed by atoms with van der Waals surface area (Å²) in [4.78, 5) is 0. The SMILES string of the molecule is O=S(=O)(C1CC1)N1CCC[C@H](c2nnc(-c3ccsc3)o2)C1. The molecular weight excluding hydrogens is 322 g/mol. The van der Waals surface area contributed by atoms with Crippen molar-refractivity contribution in [2.45, 2.75) is 36.9 Å². The lowest BCUT2D eigenvalue weighted by atomic mass is 10.00. The van der Waals surface area contributed by atoms with Crippen molar-refractivity contribution in [3.8, 4) is 11.5 Å². The van der Waals surface area contributed by atoms with Crippen molar-refractivity contribution in [3.63, 3.8) is 0 Å². The van der Waals surface area contributed by atoms with E-state index in [0.29, 0.717) is 24.9 Å². The minimum absolute atomic E-state index is 0.00200. The summed E-state index contributed by atoms with van der Waals surface area (Å²) in [5.74, 6) is 1.07. The van der Waals surface area contributed by atoms with Gasteiger partial charge in [-0.1, -0.05) is 0 Å². The van der Waals surface area contributed by atoms with Gasteiger partial charge in [0.15, 0.2) is 0 Å². The Kier molecular flexibility index (Phi) is 3.54. The van der Waals surface area contributed by atoms with Crippen LogP contribution >= 0.6 is 11.3 Å². The molecule has 2 aliphatic rings. The van der Waals surface area contributed by atoms with Crippen LogP contribution in [0.3, 0.4) is 0 Å². The number of aromatic nitrogens is 2. The van der Waals surface area contributed by atoms with E-state index in [2.05, 4.69) is 10.2 Å². The van der Waals surface area contributed by atoms with Gasteiger partial charge in [0, 0.05) is 24.0 Å². The van der Waals surface area contributed by atoms with Crippen LogP contribution in [0.4, 0.5) is 0 Å². The molecular formula is C14H17N3O3S2. The van der Waals surface area contributed by atoms with Gasteiger partial charge >= 0.3 is 0 Å². The molecule has 2 aromatic rings. The van der Waals surface area contributed by atoms with E-state index >= 15 is 0 Å². The highest BCUT2D eigenvalue weighted by Crippen LogP contribution is 2.35. The fraction of sp³-hybridized carbons (Fsp3) is 0.571. The molecule has 0 amide bonds. The van der Waals surface area contributed by atoms with Crippen molar-refractivity contribution >= 4 is 21.4 Å². The van der Waals surface area contributed by atoms with Gasteiger partial charge in [-0.3, -0.25) is 0 Å². The minimum Gasteiger partial charge on any atom is -0.420 e. The number of hydrogen-bond acceptors (Lipinski definition) is 6. The van der Waals surface area contributed by atoms with Gasteiger partial charge in [0.25, 0.3) is 0 Å². The van der Waals surface area contributed by atoms with Crippen molar-refractivity contribution in [3.05, 3.63) is 22.7 Å². The third-order valence-corrected chi connectivity index (χ3v) is 7.30. The van der Waals surface area contributed by atoms with E-state index in [9.17, 15) is 8.42 Å². The Morgan fingerprint density at radius 3 is 2.86 bits per heavy atom. The second-order valence-corrected chi connectivity index (χ2v) is 8.89. The molecule has 1 saturated carbocycles. The first-order valence-corrected chi connectivity index (χ1v) is 9.94. The van der Waals surface area contributed by atoms with Gasteiger partial charge in [-0.2, -0.15) is 11.3 Å². The smallest absolute Gasteiger partial charge is 0.248 e. The van der Waals surface area contributed by atoms with Gasteiger partial charge in [0.1, 0.15) is 0 Å². The first-order chi connectivity index (χ1) is 10.6. The van der Waals surface area contributed by atoms with Crippen molar-refractivity contribution in [1.29, 1.82) is 0 Å². The highest BCUT2D eigenvalue weighted by atomic mass is 32.2. The largest absolute Gasteiger partial charge is 0.420 e. The number of piperidine rings is 1. The fourth-order valence-electron chi connectivity index (χ4n) is 2.85. The summed E-state index contributed by atoms with van der Waals surface area (Å²) in [7, 11) is -3.12. The van der Waals surface area contributed by atoms with Gasteiger partial charge in [-0.05, 0) is 37.1 Å². The van der Waals surface area contributed by atoms with Crippen molar-refractivity contribution in [1.82, 2.24) is 14.5 Å². The highest BCUT2D eigenvalue weighted by molar-refractivity contribution is 7.90. The molecule has 1 atom stereocenters. The average Bonchev–Trinajstić information content (AvgIpc) is 3.06. The Balaban J connectivity index is 1.53. The Bertz CT molecular complexity index is 750. The number of hydrogen-bond donors (Lipinski definition) is 0. The van der Waals surface area contributed by atoms with Crippen molar-refractivity contribution in [2.24, 2.45) is 0 Å². The van der Waals surface area contributed by atoms with Crippen LogP contribution in [0.15, 0.2) is 21.2 Å². The van der Waals surface area contributed by atoms with E-state index in [1.807, 2.05) is 16.8 Å². The van der Waals surface area contributed by atoms with Crippen LogP contribution in [0.25, 0.3) is 11.5 Å². The van der Waals surface area contributed by atoms with Crippen molar-refractivity contribution < 1.29 is 12.8 Å². The summed E-state index contributed by atoms with van der Waals surface area (Å²) in [5.41, 5.74) is 0.919. The van der Waals surface area contributed by atoms with Crippen LogP contribution in [0, 0.1) is 0 Å². The van der Waals surface area contributed by atoms with E-state index in [1.165, 1.54) is 0 Å². The average molecular weight is 339 g/mol. The summed E-state index contributed by atoms with van der Waals surface area (Å²) in [6.07, 6.45) is 3.33. The summed E-state index contributed by atoms with van der Waals surface area (Å²) < 4.78 is 32.1. The topological polar surface area (TPSA) is 76.3 Å². The molecule has 0 spiro atoms. The summed E-state index contributed by atoms with van der Waals surface area (Å²) in [6, 6.07) is 1.94. The molecule has 2 fully saturated rings. The molecule has 2 aromatic heterocycles. The monoisotopic (exact) mass is 339 g/mol. The van der Waals surface area contributed by atoms with E-state index in [0.717, 1.165) is 31.2 Å². The Morgan fingerprint density at radius 2 is 2.14 bits per heavy atom. The molecule has 4 rings (SSSR count). The predicted octanol–water partition coefficient (Wildman–Crippen LogP) is 2.47. The molecule has 0 N–H and O–H groups in total. The maximum Gasteiger partial charge on any atom is 0.248 e. The van der Waals surface area contributed by atoms with Crippen molar-refractivity contribution in [2.75, 3.05) is 13.1 Å². The van der Waals surface area contributed by atoms with Gasteiger partial charge in [0.2, 0.25) is 21.8 Å². The number of nitrogens with zero attached hydrogens (tertiary/aromatic N) is 3. The van der Waals surface area contributed by atoms with Crippen LogP contribution in [0.1, 0.15) is 37.5 Å². The molecule has 3 heterocycles. The van der Waals surface area contributed by atoms with Crippen LogP contribution in [0.2, 0.25) is 0 Å². The van der Waals surface area contributed by atoms with Crippen LogP contribution in [-0.2, 0) is 10.0 Å². The van der Waals surface area contributed by atoms with Gasteiger partial charge in [-0.15, -0.1) is 10.2 Å². The second-order valence-electron chi connectivity index (χ2n) is 5.90. The van der Waals surface area contributed by atoms with Gasteiger partial charge in [-0.25, -0.2) is 12.7 Å². The first kappa shape index (κ1) is 14.3. The Hall–Kier alpha value is -1.25. The molecule has 8 heteroatoms. The molecule has 0 unspecified atom stereocenters. The maximum atomic E-state index is 12.4. The van der Waals surface area contributed by atoms with Gasteiger partial charge < -0.3 is 4.42 Å². The van der Waals surface area contributed by atoms with Crippen LogP contribution in [0.5, 0.6) is 0 Å². The minimum atomic E-state index is -3.12. The first-order valence-electron chi connectivity index (χ1n) is 7.49. The quantitative estimate of drug-likeness (QED) is 0.855. The van der Waals surface area contributed by atoms with Gasteiger partial charge in [0.05, 0.1) is 11.2 Å². The summed E-state index contributed by atoms with van der Waals surface area (Å²) in [5, 5.41) is 12.0. The molecule has 6 nitrogen and oxygen atoms in total. The summed E-state index contributed by atoms with van der Waals surface area (Å²) in [6.45, 7) is 1.07. The Labute approximate surface area is 133 Å². The zero-order valence-electron chi connectivity index (χ0n) is 12.0. The number of thiophene rings is 1. The van der Waals surface area contributed by atoms with E-state index in [-0.39, 0.29) is 11.2 Å². The predicted molar refractivity (Wildman–Crippen MR) is 83.1 cm³/mol. The lowest BCUT2D eigenvalue weighted by Crippen LogP contribution is -2.40. The van der Waals surface area contributed by atoms with Crippen LogP contribution in [-0.4, -0.2) is 41.3 Å². The third-order valence-electron chi connectivity index (χ3n) is 4.25. The van der Waals surface area contributed by atoms with E-state index < -0.39 is 10.0 Å². The molecule has 1 aliphatic carbocycles. The van der Waals surface area contributed by atoms with E-state index in [1.54, 1.807) is 15.6 Å². The molecule has 0 radical (unpaired) electrons. The fourth-order valence-corrected chi connectivity index (χ4v) is 5.41. The molecule has 1 aliphatic heterocycles. The molecule has 0 bridgehead atoms. The highest BCUT2D eigenvalue weighted by Gasteiger charge is 2.42. The number of sulfonamides is 1. The summed E-state index contributed by atoms with van der Waals surface area (Å²) >= 11 is 1.58.